The molecule has 0 unspecified atom stereocenters. The summed E-state index contributed by atoms with van der Waals surface area (Å²) in [5.74, 6) is 0.368. The van der Waals surface area contributed by atoms with Gasteiger partial charge in [0.1, 0.15) is 11.0 Å². The fraction of sp³-hybridized carbons (Fsp3) is 0.0909. The molecule has 2 N–H and O–H groups in total. The van der Waals surface area contributed by atoms with Crippen LogP contribution in [0.25, 0.3) is 0 Å². The molecule has 7 heteroatoms. The summed E-state index contributed by atoms with van der Waals surface area (Å²) in [6.45, 7) is 0. The van der Waals surface area contributed by atoms with Crippen LogP contribution in [0.15, 0.2) is 30.6 Å². The van der Waals surface area contributed by atoms with Gasteiger partial charge in [-0.05, 0) is 12.1 Å². The summed E-state index contributed by atoms with van der Waals surface area (Å²) in [7, 11) is 1.65. The van der Waals surface area contributed by atoms with Crippen molar-refractivity contribution < 1.29 is 4.79 Å². The molecule has 0 aromatic carbocycles. The number of aromatic nitrogens is 3. The Bertz CT molecular complexity index is 561. The van der Waals surface area contributed by atoms with E-state index >= 15 is 0 Å². The van der Waals surface area contributed by atoms with Crippen LogP contribution in [-0.2, 0) is 0 Å². The van der Waals surface area contributed by atoms with Gasteiger partial charge < -0.3 is 10.6 Å². The molecule has 0 aliphatic rings. The van der Waals surface area contributed by atoms with Gasteiger partial charge in [0.25, 0.3) is 5.91 Å². The molecule has 0 saturated carbocycles. The number of hydrogen-bond donors (Lipinski definition) is 2. The minimum absolute atomic E-state index is 0.121. The normalized spacial score (nSPS) is 9.89. The van der Waals surface area contributed by atoms with E-state index in [1.165, 1.54) is 6.20 Å². The summed E-state index contributed by atoms with van der Waals surface area (Å²) in [4.78, 5) is 23.9. The van der Waals surface area contributed by atoms with E-state index in [1.807, 2.05) is 0 Å². The number of carbonyl (C=O) groups excluding carboxylic acids is 1. The van der Waals surface area contributed by atoms with Crippen molar-refractivity contribution in [3.63, 3.8) is 0 Å². The zero-order valence-corrected chi connectivity index (χ0v) is 10.3. The summed E-state index contributed by atoms with van der Waals surface area (Å²) < 4.78 is 0. The van der Waals surface area contributed by atoms with Crippen molar-refractivity contribution >= 4 is 29.1 Å². The Labute approximate surface area is 108 Å². The zero-order valence-electron chi connectivity index (χ0n) is 9.51. The second-order valence-corrected chi connectivity index (χ2v) is 3.70. The first-order chi connectivity index (χ1) is 8.70. The molecule has 0 bridgehead atoms. The molecule has 0 saturated heterocycles. The predicted octanol–water partition coefficient (Wildman–Crippen LogP) is 1.82. The van der Waals surface area contributed by atoms with Crippen LogP contribution in [0.1, 0.15) is 10.5 Å². The maximum absolute atomic E-state index is 12.0. The first-order valence-electron chi connectivity index (χ1n) is 5.13. The van der Waals surface area contributed by atoms with E-state index in [4.69, 9.17) is 11.6 Å². The highest BCUT2D eigenvalue weighted by Crippen LogP contribution is 2.14. The summed E-state index contributed by atoms with van der Waals surface area (Å²) in [5, 5.41) is 5.54. The van der Waals surface area contributed by atoms with Gasteiger partial charge in [-0.25, -0.2) is 15.0 Å². The van der Waals surface area contributed by atoms with E-state index < -0.39 is 5.91 Å². The average Bonchev–Trinajstić information content (AvgIpc) is 2.40. The van der Waals surface area contributed by atoms with Crippen LogP contribution < -0.4 is 10.6 Å². The van der Waals surface area contributed by atoms with Crippen molar-refractivity contribution in [2.24, 2.45) is 0 Å². The Balaban J connectivity index is 2.26. The largest absolute Gasteiger partial charge is 0.371 e. The van der Waals surface area contributed by atoms with Crippen molar-refractivity contribution in [3.05, 3.63) is 41.4 Å². The second-order valence-electron chi connectivity index (χ2n) is 3.31. The third kappa shape index (κ3) is 2.72. The standard InChI is InChI=1S/C11H10ClN5O/c1-13-10-9(16-7(12)6-15-10)11(18)17-8-4-2-3-5-14-8/h2-6H,1H3,(H,13,15)(H,14,17,18). The fourth-order valence-electron chi connectivity index (χ4n) is 1.32. The Morgan fingerprint density at radius 1 is 1.33 bits per heavy atom. The second kappa shape index (κ2) is 5.42. The first-order valence-corrected chi connectivity index (χ1v) is 5.51. The number of pyridine rings is 1. The number of anilines is 2. The summed E-state index contributed by atoms with van der Waals surface area (Å²) in [5.41, 5.74) is 0.121. The van der Waals surface area contributed by atoms with Crippen molar-refractivity contribution in [1.29, 1.82) is 0 Å². The molecule has 0 radical (unpaired) electrons. The van der Waals surface area contributed by atoms with E-state index in [9.17, 15) is 4.79 Å². The number of amides is 1. The van der Waals surface area contributed by atoms with E-state index in [0.29, 0.717) is 11.6 Å². The lowest BCUT2D eigenvalue weighted by atomic mass is 10.3. The third-order valence-electron chi connectivity index (χ3n) is 2.10. The van der Waals surface area contributed by atoms with E-state index in [1.54, 1.807) is 31.4 Å². The number of nitrogens with zero attached hydrogens (tertiary/aromatic N) is 3. The topological polar surface area (TPSA) is 79.8 Å². The molecule has 18 heavy (non-hydrogen) atoms. The zero-order chi connectivity index (χ0) is 13.0. The van der Waals surface area contributed by atoms with E-state index in [-0.39, 0.29) is 10.8 Å². The van der Waals surface area contributed by atoms with Crippen molar-refractivity contribution in [1.82, 2.24) is 15.0 Å². The van der Waals surface area contributed by atoms with Crippen LogP contribution in [0.3, 0.4) is 0 Å². The maximum atomic E-state index is 12.0. The quantitative estimate of drug-likeness (QED) is 0.883. The minimum atomic E-state index is -0.423. The molecule has 6 nitrogen and oxygen atoms in total. The van der Waals surface area contributed by atoms with Crippen molar-refractivity contribution in [2.45, 2.75) is 0 Å². The molecule has 1 amide bonds. The highest BCUT2D eigenvalue weighted by molar-refractivity contribution is 6.29. The minimum Gasteiger partial charge on any atom is -0.371 e. The Hall–Kier alpha value is -2.21. The van der Waals surface area contributed by atoms with E-state index in [2.05, 4.69) is 25.6 Å². The highest BCUT2D eigenvalue weighted by Gasteiger charge is 2.15. The molecule has 0 aliphatic carbocycles. The summed E-state index contributed by atoms with van der Waals surface area (Å²) in [6.07, 6.45) is 2.95. The molecule has 0 aliphatic heterocycles. The smallest absolute Gasteiger partial charge is 0.279 e. The number of nitrogens with one attached hydrogen (secondary N) is 2. The van der Waals surface area contributed by atoms with Crippen LogP contribution in [0.5, 0.6) is 0 Å². The molecular formula is C11H10ClN5O. The van der Waals surface area contributed by atoms with Crippen molar-refractivity contribution in [3.8, 4) is 0 Å². The van der Waals surface area contributed by atoms with E-state index in [0.717, 1.165) is 0 Å². The lowest BCUT2D eigenvalue weighted by molar-refractivity contribution is 0.102. The lowest BCUT2D eigenvalue weighted by Gasteiger charge is -2.07. The average molecular weight is 264 g/mol. The molecule has 2 aromatic heterocycles. The van der Waals surface area contributed by atoms with Crippen LogP contribution in [0, 0.1) is 0 Å². The molecular weight excluding hydrogens is 254 g/mol. The number of rotatable bonds is 3. The van der Waals surface area contributed by atoms with Crippen LogP contribution in [0.4, 0.5) is 11.6 Å². The van der Waals surface area contributed by atoms with Gasteiger partial charge in [0.15, 0.2) is 11.5 Å². The molecule has 0 atom stereocenters. The first kappa shape index (κ1) is 12.3. The van der Waals surface area contributed by atoms with Crippen LogP contribution >= 0.6 is 11.6 Å². The molecule has 2 aromatic rings. The third-order valence-corrected chi connectivity index (χ3v) is 2.28. The van der Waals surface area contributed by atoms with Gasteiger partial charge in [-0.15, -0.1) is 0 Å². The summed E-state index contributed by atoms with van der Waals surface area (Å²) >= 11 is 5.72. The van der Waals surface area contributed by atoms with Crippen molar-refractivity contribution in [2.75, 3.05) is 17.7 Å². The van der Waals surface area contributed by atoms with Gasteiger partial charge in [-0.3, -0.25) is 4.79 Å². The van der Waals surface area contributed by atoms with Gasteiger partial charge >= 0.3 is 0 Å². The van der Waals surface area contributed by atoms with Gasteiger partial charge in [0, 0.05) is 13.2 Å². The number of halogens is 1. The molecule has 2 heterocycles. The maximum Gasteiger partial charge on any atom is 0.279 e. The molecule has 0 spiro atoms. The monoisotopic (exact) mass is 263 g/mol. The SMILES string of the molecule is CNc1ncc(Cl)nc1C(=O)Nc1ccccn1. The van der Waals surface area contributed by atoms with Crippen LogP contribution in [0.2, 0.25) is 5.15 Å². The molecule has 2 rings (SSSR count). The van der Waals surface area contributed by atoms with Gasteiger partial charge in [0.2, 0.25) is 0 Å². The predicted molar refractivity (Wildman–Crippen MR) is 68.8 cm³/mol. The van der Waals surface area contributed by atoms with Gasteiger partial charge in [0.05, 0.1) is 6.20 Å². The molecule has 0 fully saturated rings. The fourth-order valence-corrected chi connectivity index (χ4v) is 1.45. The Morgan fingerprint density at radius 3 is 2.83 bits per heavy atom. The number of carbonyl (C=O) groups is 1. The number of hydrogen-bond acceptors (Lipinski definition) is 5. The highest BCUT2D eigenvalue weighted by atomic mass is 35.5. The van der Waals surface area contributed by atoms with Gasteiger partial charge in [-0.1, -0.05) is 17.7 Å². The lowest BCUT2D eigenvalue weighted by Crippen LogP contribution is -2.17. The Morgan fingerprint density at radius 2 is 2.17 bits per heavy atom. The Kier molecular flexibility index (Phi) is 3.69. The van der Waals surface area contributed by atoms with Gasteiger partial charge in [-0.2, -0.15) is 0 Å². The van der Waals surface area contributed by atoms with Crippen LogP contribution in [-0.4, -0.2) is 27.9 Å². The molecule has 92 valence electrons. The summed E-state index contributed by atoms with van der Waals surface area (Å²) in [6, 6.07) is 5.20.